The molecule has 0 unspecified atom stereocenters. The van der Waals surface area contributed by atoms with Crippen LogP contribution in [-0.2, 0) is 0 Å². The van der Waals surface area contributed by atoms with Gasteiger partial charge < -0.3 is 10.6 Å². The highest BCUT2D eigenvalue weighted by Crippen LogP contribution is 2.30. The summed E-state index contributed by atoms with van der Waals surface area (Å²) >= 11 is 5.53. The largest absolute Gasteiger partial charge is 0.338 e. The van der Waals surface area contributed by atoms with E-state index < -0.39 is 0 Å². The lowest BCUT2D eigenvalue weighted by atomic mass is 10.1. The molecule has 3 rings (SSSR count). The van der Waals surface area contributed by atoms with Gasteiger partial charge in [-0.15, -0.1) is 11.6 Å². The highest BCUT2D eigenvalue weighted by molar-refractivity contribution is 6.30. The molecular formula is C14H10ClN3O2. The summed E-state index contributed by atoms with van der Waals surface area (Å²) in [4.78, 5) is 27.9. The SMILES string of the molecule is O=C(CCl)c1ccc2c(n1)Nc1ccccc1C(=O)N2. The number of alkyl halides is 1. The van der Waals surface area contributed by atoms with Crippen molar-refractivity contribution >= 4 is 40.5 Å². The van der Waals surface area contributed by atoms with Gasteiger partial charge in [-0.3, -0.25) is 9.59 Å². The normalized spacial score (nSPS) is 12.6. The van der Waals surface area contributed by atoms with Crippen LogP contribution in [0.1, 0.15) is 20.8 Å². The van der Waals surface area contributed by atoms with Crippen LogP contribution in [0.15, 0.2) is 36.4 Å². The van der Waals surface area contributed by atoms with Crippen molar-refractivity contribution < 1.29 is 9.59 Å². The van der Waals surface area contributed by atoms with Crippen molar-refractivity contribution in [3.05, 3.63) is 47.7 Å². The Hall–Kier alpha value is -2.40. The molecule has 0 atom stereocenters. The van der Waals surface area contributed by atoms with E-state index in [0.717, 1.165) is 0 Å². The Balaban J connectivity index is 2.09. The van der Waals surface area contributed by atoms with Crippen LogP contribution in [0.25, 0.3) is 0 Å². The number of nitrogens with one attached hydrogen (secondary N) is 2. The minimum absolute atomic E-state index is 0.130. The standard InChI is InChI=1S/C14H10ClN3O2/c15-7-12(19)10-5-6-11-13(17-10)16-9-4-2-1-3-8(9)14(20)18-11/h1-6H,7H2,(H,16,17)(H,18,20). The van der Waals surface area contributed by atoms with E-state index in [1.165, 1.54) is 0 Å². The van der Waals surface area contributed by atoms with Gasteiger partial charge in [0.05, 0.1) is 22.8 Å². The molecule has 0 saturated heterocycles. The molecule has 1 aromatic heterocycles. The maximum atomic E-state index is 12.1. The van der Waals surface area contributed by atoms with E-state index in [2.05, 4.69) is 15.6 Å². The molecule has 5 nitrogen and oxygen atoms in total. The molecule has 1 aromatic carbocycles. The molecule has 0 bridgehead atoms. The number of carbonyl (C=O) groups excluding carboxylic acids is 2. The number of rotatable bonds is 2. The fourth-order valence-electron chi connectivity index (χ4n) is 1.99. The van der Waals surface area contributed by atoms with Crippen LogP contribution in [0.4, 0.5) is 17.2 Å². The van der Waals surface area contributed by atoms with Gasteiger partial charge in [0.2, 0.25) is 0 Å². The molecule has 0 fully saturated rings. The van der Waals surface area contributed by atoms with Gasteiger partial charge in [-0.2, -0.15) is 0 Å². The number of nitrogens with zero attached hydrogens (tertiary/aromatic N) is 1. The summed E-state index contributed by atoms with van der Waals surface area (Å²) in [7, 11) is 0. The average Bonchev–Trinajstić information content (AvgIpc) is 2.62. The van der Waals surface area contributed by atoms with Crippen LogP contribution in [-0.4, -0.2) is 22.6 Å². The highest BCUT2D eigenvalue weighted by Gasteiger charge is 2.20. The third-order valence-corrected chi connectivity index (χ3v) is 3.22. The Morgan fingerprint density at radius 3 is 2.70 bits per heavy atom. The molecule has 1 amide bonds. The topological polar surface area (TPSA) is 71.1 Å². The summed E-state index contributed by atoms with van der Waals surface area (Å²) in [5, 5.41) is 5.82. The van der Waals surface area contributed by atoms with Crippen molar-refractivity contribution in [1.82, 2.24) is 4.98 Å². The number of aromatic nitrogens is 1. The molecule has 20 heavy (non-hydrogen) atoms. The second kappa shape index (κ2) is 4.94. The van der Waals surface area contributed by atoms with E-state index >= 15 is 0 Å². The molecule has 1 aliphatic heterocycles. The number of ketones is 1. The maximum Gasteiger partial charge on any atom is 0.257 e. The highest BCUT2D eigenvalue weighted by atomic mass is 35.5. The summed E-state index contributed by atoms with van der Waals surface area (Å²) < 4.78 is 0. The van der Waals surface area contributed by atoms with Gasteiger partial charge in [0, 0.05) is 0 Å². The molecule has 2 aromatic rings. The van der Waals surface area contributed by atoms with E-state index in [1.54, 1.807) is 30.3 Å². The number of benzene rings is 1. The number of Topliss-reactive ketones (excluding diaryl/α,β-unsaturated/α-hetero) is 1. The fourth-order valence-corrected chi connectivity index (χ4v) is 2.12. The summed E-state index contributed by atoms with van der Waals surface area (Å²) in [5.41, 5.74) is 1.96. The van der Waals surface area contributed by atoms with E-state index in [-0.39, 0.29) is 23.3 Å². The zero-order valence-corrected chi connectivity index (χ0v) is 11.1. The minimum Gasteiger partial charge on any atom is -0.338 e. The van der Waals surface area contributed by atoms with Gasteiger partial charge >= 0.3 is 0 Å². The zero-order chi connectivity index (χ0) is 14.1. The second-order valence-corrected chi connectivity index (χ2v) is 4.54. The quantitative estimate of drug-likeness (QED) is 0.658. The Morgan fingerprint density at radius 2 is 1.90 bits per heavy atom. The van der Waals surface area contributed by atoms with Crippen molar-refractivity contribution in [3.63, 3.8) is 0 Å². The number of hydrogen-bond donors (Lipinski definition) is 2. The first kappa shape index (κ1) is 12.6. The number of halogens is 1. The molecule has 0 saturated carbocycles. The molecule has 1 aliphatic rings. The number of hydrogen-bond acceptors (Lipinski definition) is 4. The Kier molecular flexibility index (Phi) is 3.12. The summed E-state index contributed by atoms with van der Waals surface area (Å²) in [6, 6.07) is 10.3. The van der Waals surface area contributed by atoms with Gasteiger partial charge in [0.1, 0.15) is 5.69 Å². The first-order valence-corrected chi connectivity index (χ1v) is 6.50. The fraction of sp³-hybridized carbons (Fsp3) is 0.0714. The Bertz CT molecular complexity index is 715. The predicted molar refractivity (Wildman–Crippen MR) is 77.0 cm³/mol. The Labute approximate surface area is 120 Å². The number of para-hydroxylation sites is 1. The van der Waals surface area contributed by atoms with E-state index in [4.69, 9.17) is 11.6 Å². The van der Waals surface area contributed by atoms with Crippen molar-refractivity contribution in [3.8, 4) is 0 Å². The van der Waals surface area contributed by atoms with Crippen LogP contribution in [0.3, 0.4) is 0 Å². The second-order valence-electron chi connectivity index (χ2n) is 4.27. The summed E-state index contributed by atoms with van der Waals surface area (Å²) in [6.45, 7) is 0. The van der Waals surface area contributed by atoms with Gasteiger partial charge in [0.25, 0.3) is 5.91 Å². The third kappa shape index (κ3) is 2.12. The number of anilines is 3. The monoisotopic (exact) mass is 287 g/mol. The van der Waals surface area contributed by atoms with Crippen LogP contribution in [0.2, 0.25) is 0 Å². The Morgan fingerprint density at radius 1 is 1.10 bits per heavy atom. The first-order chi connectivity index (χ1) is 9.69. The maximum absolute atomic E-state index is 12.1. The van der Waals surface area contributed by atoms with Crippen LogP contribution in [0.5, 0.6) is 0 Å². The number of fused-ring (bicyclic) bond motifs is 2. The van der Waals surface area contributed by atoms with Gasteiger partial charge in [-0.25, -0.2) is 4.98 Å². The van der Waals surface area contributed by atoms with Crippen LogP contribution in [0, 0.1) is 0 Å². The molecule has 0 spiro atoms. The van der Waals surface area contributed by atoms with Gasteiger partial charge in [-0.1, -0.05) is 12.1 Å². The molecule has 6 heteroatoms. The molecule has 2 N–H and O–H groups in total. The van der Waals surface area contributed by atoms with Crippen molar-refractivity contribution in [2.75, 3.05) is 16.5 Å². The first-order valence-electron chi connectivity index (χ1n) is 5.96. The van der Waals surface area contributed by atoms with Crippen molar-refractivity contribution in [1.29, 1.82) is 0 Å². The lowest BCUT2D eigenvalue weighted by Crippen LogP contribution is -2.11. The number of carbonyl (C=O) groups is 2. The molecule has 2 heterocycles. The minimum atomic E-state index is -0.264. The van der Waals surface area contributed by atoms with Crippen LogP contribution < -0.4 is 10.6 Å². The number of amides is 1. The third-order valence-electron chi connectivity index (χ3n) is 2.98. The van der Waals surface area contributed by atoms with E-state index in [9.17, 15) is 9.59 Å². The van der Waals surface area contributed by atoms with E-state index in [1.807, 2.05) is 6.07 Å². The molecule has 100 valence electrons. The van der Waals surface area contributed by atoms with Gasteiger partial charge in [-0.05, 0) is 24.3 Å². The lowest BCUT2D eigenvalue weighted by molar-refractivity contribution is 0.101. The van der Waals surface area contributed by atoms with Crippen molar-refractivity contribution in [2.24, 2.45) is 0 Å². The molecule has 0 aliphatic carbocycles. The zero-order valence-electron chi connectivity index (χ0n) is 10.3. The van der Waals surface area contributed by atoms with Gasteiger partial charge in [0.15, 0.2) is 11.6 Å². The average molecular weight is 288 g/mol. The smallest absolute Gasteiger partial charge is 0.257 e. The van der Waals surface area contributed by atoms with Crippen molar-refractivity contribution in [2.45, 2.75) is 0 Å². The number of pyridine rings is 1. The summed E-state index contributed by atoms with van der Waals surface area (Å²) in [5.74, 6) is -0.182. The lowest BCUT2D eigenvalue weighted by Gasteiger charge is -2.08. The summed E-state index contributed by atoms with van der Waals surface area (Å²) in [6.07, 6.45) is 0. The van der Waals surface area contributed by atoms with E-state index in [0.29, 0.717) is 22.8 Å². The predicted octanol–water partition coefficient (Wildman–Crippen LogP) is 2.81. The molecule has 0 radical (unpaired) electrons. The van der Waals surface area contributed by atoms with Crippen LogP contribution >= 0.6 is 11.6 Å². The molecular weight excluding hydrogens is 278 g/mol.